The van der Waals surface area contributed by atoms with Gasteiger partial charge in [-0.25, -0.2) is 4.72 Å². The Kier molecular flexibility index (Phi) is 5.99. The number of benzene rings is 1. The average molecular weight is 281 g/mol. The van der Waals surface area contributed by atoms with Crippen LogP contribution in [0.1, 0.15) is 31.0 Å². The lowest BCUT2D eigenvalue weighted by atomic mass is 10.1. The van der Waals surface area contributed by atoms with Gasteiger partial charge >= 0.3 is 0 Å². The smallest absolute Gasteiger partial charge is 0.277 e. The van der Waals surface area contributed by atoms with E-state index in [4.69, 9.17) is 5.73 Å². The number of hydrogen-bond donors (Lipinski definition) is 3. The topological polar surface area (TPSA) is 84.2 Å². The van der Waals surface area contributed by atoms with Crippen LogP contribution >= 0.6 is 0 Å². The molecule has 1 aromatic carbocycles. The van der Waals surface area contributed by atoms with Crippen molar-refractivity contribution in [1.82, 2.24) is 9.44 Å². The second kappa shape index (κ2) is 7.26. The Morgan fingerprint density at radius 3 is 2.79 bits per heavy atom. The van der Waals surface area contributed by atoms with Crippen molar-refractivity contribution in [1.29, 1.82) is 0 Å². The number of nitrogens with one attached hydrogen (secondary N) is 2. The third kappa shape index (κ3) is 5.41. The molecule has 0 saturated carbocycles. The zero-order chi connectivity index (χ0) is 14.3. The molecule has 0 saturated heterocycles. The molecule has 1 unspecified atom stereocenters. The van der Waals surface area contributed by atoms with Gasteiger partial charge in [0.05, 0.1) is 6.54 Å². The van der Waals surface area contributed by atoms with E-state index >= 15 is 0 Å². The van der Waals surface area contributed by atoms with E-state index in [1.54, 1.807) is 13.8 Å². The molecule has 1 aromatic rings. The SMILES string of the molecule is CCNS(=O)(=O)NC(C)c1cccc(C#CCN)c1. The monoisotopic (exact) mass is 281 g/mol. The summed E-state index contributed by atoms with van der Waals surface area (Å²) in [5, 5.41) is 0. The molecule has 0 bridgehead atoms. The summed E-state index contributed by atoms with van der Waals surface area (Å²) in [6.07, 6.45) is 0. The van der Waals surface area contributed by atoms with Gasteiger partial charge in [-0.3, -0.25) is 0 Å². The third-order valence-corrected chi connectivity index (χ3v) is 3.72. The van der Waals surface area contributed by atoms with E-state index in [0.717, 1.165) is 11.1 Å². The highest BCUT2D eigenvalue weighted by atomic mass is 32.2. The van der Waals surface area contributed by atoms with Crippen molar-refractivity contribution in [3.63, 3.8) is 0 Å². The molecule has 5 nitrogen and oxygen atoms in total. The number of rotatable bonds is 5. The van der Waals surface area contributed by atoms with Crippen molar-refractivity contribution in [2.75, 3.05) is 13.1 Å². The Balaban J connectivity index is 2.85. The standard InChI is InChI=1S/C13H19N3O2S/c1-3-15-19(17,18)16-11(2)13-8-4-6-12(10-13)7-5-9-14/h4,6,8,10-11,15-16H,3,9,14H2,1-2H3. The Labute approximate surface area is 114 Å². The molecule has 0 spiro atoms. The minimum atomic E-state index is -3.46. The maximum absolute atomic E-state index is 11.6. The molecule has 6 heteroatoms. The Bertz CT molecular complexity index is 573. The van der Waals surface area contributed by atoms with Gasteiger partial charge in [-0.15, -0.1) is 0 Å². The Morgan fingerprint density at radius 2 is 2.16 bits per heavy atom. The average Bonchev–Trinajstić information content (AvgIpc) is 2.36. The van der Waals surface area contributed by atoms with Crippen LogP contribution in [-0.4, -0.2) is 21.5 Å². The van der Waals surface area contributed by atoms with Crippen LogP contribution in [0.15, 0.2) is 24.3 Å². The van der Waals surface area contributed by atoms with Gasteiger partial charge in [-0.1, -0.05) is 30.9 Å². The van der Waals surface area contributed by atoms with Crippen LogP contribution in [0.5, 0.6) is 0 Å². The molecular weight excluding hydrogens is 262 g/mol. The fourth-order valence-electron chi connectivity index (χ4n) is 1.57. The highest BCUT2D eigenvalue weighted by molar-refractivity contribution is 7.87. The maximum atomic E-state index is 11.6. The highest BCUT2D eigenvalue weighted by Crippen LogP contribution is 2.14. The first kappa shape index (κ1) is 15.7. The van der Waals surface area contributed by atoms with Gasteiger partial charge in [0.2, 0.25) is 0 Å². The van der Waals surface area contributed by atoms with Gasteiger partial charge < -0.3 is 5.73 Å². The molecule has 0 fully saturated rings. The number of nitrogens with two attached hydrogens (primary N) is 1. The van der Waals surface area contributed by atoms with Crippen molar-refractivity contribution in [2.45, 2.75) is 19.9 Å². The fourth-order valence-corrected chi connectivity index (χ4v) is 2.64. The largest absolute Gasteiger partial charge is 0.320 e. The Morgan fingerprint density at radius 1 is 1.42 bits per heavy atom. The molecule has 0 amide bonds. The predicted molar refractivity (Wildman–Crippen MR) is 76.5 cm³/mol. The quantitative estimate of drug-likeness (QED) is 0.687. The zero-order valence-electron chi connectivity index (χ0n) is 11.1. The van der Waals surface area contributed by atoms with Gasteiger partial charge in [0.25, 0.3) is 10.2 Å². The summed E-state index contributed by atoms with van der Waals surface area (Å²) in [4.78, 5) is 0. The lowest BCUT2D eigenvalue weighted by Crippen LogP contribution is -2.37. The third-order valence-electron chi connectivity index (χ3n) is 2.39. The molecule has 0 aliphatic heterocycles. The summed E-state index contributed by atoms with van der Waals surface area (Å²) < 4.78 is 28.1. The molecule has 1 rings (SSSR count). The summed E-state index contributed by atoms with van der Waals surface area (Å²) in [5.41, 5.74) is 6.99. The zero-order valence-corrected chi connectivity index (χ0v) is 11.9. The summed E-state index contributed by atoms with van der Waals surface area (Å²) in [6.45, 7) is 4.16. The van der Waals surface area contributed by atoms with E-state index in [1.807, 2.05) is 24.3 Å². The predicted octanol–water partition coefficient (Wildman–Crippen LogP) is 0.502. The molecular formula is C13H19N3O2S. The van der Waals surface area contributed by atoms with Gasteiger partial charge in [-0.05, 0) is 24.6 Å². The van der Waals surface area contributed by atoms with Crippen LogP contribution < -0.4 is 15.2 Å². The van der Waals surface area contributed by atoms with Crippen molar-refractivity contribution in [2.24, 2.45) is 5.73 Å². The lowest BCUT2D eigenvalue weighted by molar-refractivity contribution is 0.554. The Hall–Kier alpha value is -1.39. The normalized spacial score (nSPS) is 12.6. The number of hydrogen-bond acceptors (Lipinski definition) is 3. The van der Waals surface area contributed by atoms with E-state index < -0.39 is 10.2 Å². The molecule has 1 atom stereocenters. The van der Waals surface area contributed by atoms with Crippen LogP contribution in [0.25, 0.3) is 0 Å². The summed E-state index contributed by atoms with van der Waals surface area (Å²) in [6, 6.07) is 7.07. The summed E-state index contributed by atoms with van der Waals surface area (Å²) in [7, 11) is -3.46. The van der Waals surface area contributed by atoms with Gasteiger partial charge in [0.15, 0.2) is 0 Å². The first-order valence-electron chi connectivity index (χ1n) is 6.04. The van der Waals surface area contributed by atoms with Crippen molar-refractivity contribution in [3.05, 3.63) is 35.4 Å². The summed E-state index contributed by atoms with van der Waals surface area (Å²) >= 11 is 0. The van der Waals surface area contributed by atoms with E-state index in [2.05, 4.69) is 21.3 Å². The molecule has 0 radical (unpaired) electrons. The van der Waals surface area contributed by atoms with E-state index in [-0.39, 0.29) is 6.04 Å². The minimum Gasteiger partial charge on any atom is -0.320 e. The second-order valence-electron chi connectivity index (χ2n) is 3.97. The van der Waals surface area contributed by atoms with Gasteiger partial charge in [-0.2, -0.15) is 13.1 Å². The molecule has 0 aromatic heterocycles. The van der Waals surface area contributed by atoms with E-state index in [9.17, 15) is 8.42 Å². The van der Waals surface area contributed by atoms with E-state index in [0.29, 0.717) is 13.1 Å². The van der Waals surface area contributed by atoms with E-state index in [1.165, 1.54) is 0 Å². The summed E-state index contributed by atoms with van der Waals surface area (Å²) in [5.74, 6) is 5.69. The molecule has 104 valence electrons. The minimum absolute atomic E-state index is 0.298. The fraction of sp³-hybridized carbons (Fsp3) is 0.385. The van der Waals surface area contributed by atoms with Crippen molar-refractivity contribution in [3.8, 4) is 11.8 Å². The van der Waals surface area contributed by atoms with Crippen LogP contribution in [0.4, 0.5) is 0 Å². The molecule has 4 N–H and O–H groups in total. The first-order valence-corrected chi connectivity index (χ1v) is 7.52. The molecule has 0 aliphatic rings. The molecule has 0 aliphatic carbocycles. The van der Waals surface area contributed by atoms with Gasteiger partial charge in [0.1, 0.15) is 0 Å². The highest BCUT2D eigenvalue weighted by Gasteiger charge is 2.14. The van der Waals surface area contributed by atoms with Crippen LogP contribution in [0, 0.1) is 11.8 Å². The lowest BCUT2D eigenvalue weighted by Gasteiger charge is -2.14. The van der Waals surface area contributed by atoms with Gasteiger partial charge in [0, 0.05) is 18.2 Å². The van der Waals surface area contributed by atoms with Crippen LogP contribution in [-0.2, 0) is 10.2 Å². The molecule has 0 heterocycles. The first-order chi connectivity index (χ1) is 8.98. The second-order valence-corrected chi connectivity index (χ2v) is 5.50. The maximum Gasteiger partial charge on any atom is 0.277 e. The molecule has 19 heavy (non-hydrogen) atoms. The van der Waals surface area contributed by atoms with Crippen LogP contribution in [0.3, 0.4) is 0 Å². The van der Waals surface area contributed by atoms with Crippen molar-refractivity contribution >= 4 is 10.2 Å². The van der Waals surface area contributed by atoms with Crippen molar-refractivity contribution < 1.29 is 8.42 Å². The van der Waals surface area contributed by atoms with Crippen LogP contribution in [0.2, 0.25) is 0 Å².